The summed E-state index contributed by atoms with van der Waals surface area (Å²) in [6, 6.07) is 7.92. The van der Waals surface area contributed by atoms with Gasteiger partial charge in [-0.1, -0.05) is 18.2 Å². The number of anilines is 1. The minimum Gasteiger partial charge on any atom is -0.492 e. The molecule has 0 saturated heterocycles. The fourth-order valence-corrected chi connectivity index (χ4v) is 2.18. The first kappa shape index (κ1) is 11.5. The molecule has 3 rings (SSSR count). The van der Waals surface area contributed by atoms with Crippen LogP contribution in [0.1, 0.15) is 11.3 Å². The highest BCUT2D eigenvalue weighted by atomic mass is 16.3. The molecule has 2 heterocycles. The Balaban J connectivity index is 2.09. The number of hydrogen-bond donors (Lipinski definition) is 2. The van der Waals surface area contributed by atoms with E-state index in [2.05, 4.69) is 15.3 Å². The van der Waals surface area contributed by atoms with Gasteiger partial charge in [0.05, 0.1) is 5.69 Å². The molecule has 5 heteroatoms. The molecule has 0 radical (unpaired) electrons. The van der Waals surface area contributed by atoms with Gasteiger partial charge in [-0.25, -0.2) is 0 Å². The minimum atomic E-state index is 0.0112. The summed E-state index contributed by atoms with van der Waals surface area (Å²) in [5.74, 6) is 0.629. The van der Waals surface area contributed by atoms with Crippen molar-refractivity contribution in [3.05, 3.63) is 35.5 Å². The Morgan fingerprint density at radius 2 is 2.11 bits per heavy atom. The topological polar surface area (TPSA) is 62.4 Å². The SMILES string of the molecule is CNc1nc(O)c(/C=C2\C=Nc3ccccc32)n1C. The Hall–Kier alpha value is -2.56. The Labute approximate surface area is 110 Å². The van der Waals surface area contributed by atoms with E-state index in [-0.39, 0.29) is 5.88 Å². The molecule has 1 aromatic heterocycles. The van der Waals surface area contributed by atoms with E-state index in [0.717, 1.165) is 16.8 Å². The second kappa shape index (κ2) is 4.28. The first-order valence-electron chi connectivity index (χ1n) is 5.99. The Bertz CT molecular complexity index is 697. The number of hydrogen-bond acceptors (Lipinski definition) is 4. The molecule has 0 saturated carbocycles. The van der Waals surface area contributed by atoms with Gasteiger partial charge in [0.1, 0.15) is 5.69 Å². The highest BCUT2D eigenvalue weighted by molar-refractivity contribution is 6.21. The number of aliphatic imine (C=N–C) groups is 1. The summed E-state index contributed by atoms with van der Waals surface area (Å²) in [5, 5.41) is 12.8. The fourth-order valence-electron chi connectivity index (χ4n) is 2.18. The molecular formula is C14H14N4O. The minimum absolute atomic E-state index is 0.0112. The third-order valence-electron chi connectivity index (χ3n) is 3.19. The van der Waals surface area contributed by atoms with Crippen molar-refractivity contribution in [3.8, 4) is 5.88 Å². The van der Waals surface area contributed by atoms with Crippen LogP contribution in [0.5, 0.6) is 5.88 Å². The quantitative estimate of drug-likeness (QED) is 0.865. The highest BCUT2D eigenvalue weighted by Gasteiger charge is 2.15. The van der Waals surface area contributed by atoms with Gasteiger partial charge in [0, 0.05) is 31.4 Å². The number of allylic oxidation sites excluding steroid dienone is 1. The zero-order valence-corrected chi connectivity index (χ0v) is 10.8. The van der Waals surface area contributed by atoms with E-state index in [9.17, 15) is 5.11 Å². The molecule has 2 N–H and O–H groups in total. The molecule has 0 fully saturated rings. The van der Waals surface area contributed by atoms with E-state index < -0.39 is 0 Å². The van der Waals surface area contributed by atoms with Gasteiger partial charge in [0.2, 0.25) is 11.8 Å². The lowest BCUT2D eigenvalue weighted by molar-refractivity contribution is 0.454. The zero-order valence-electron chi connectivity index (χ0n) is 10.8. The molecule has 1 aromatic carbocycles. The molecule has 0 bridgehead atoms. The average Bonchev–Trinajstić information content (AvgIpc) is 2.95. The van der Waals surface area contributed by atoms with Crippen LogP contribution in [0.4, 0.5) is 11.6 Å². The number of nitrogens with one attached hydrogen (secondary N) is 1. The van der Waals surface area contributed by atoms with Crippen LogP contribution in [-0.2, 0) is 7.05 Å². The van der Waals surface area contributed by atoms with Crippen molar-refractivity contribution in [2.75, 3.05) is 12.4 Å². The number of nitrogens with zero attached hydrogens (tertiary/aromatic N) is 3. The smallest absolute Gasteiger partial charge is 0.238 e. The van der Waals surface area contributed by atoms with E-state index >= 15 is 0 Å². The Morgan fingerprint density at radius 3 is 2.84 bits per heavy atom. The molecule has 0 unspecified atom stereocenters. The predicted octanol–water partition coefficient (Wildman–Crippen LogP) is 2.42. The normalized spacial score (nSPS) is 14.9. The van der Waals surface area contributed by atoms with Crippen LogP contribution in [0, 0.1) is 0 Å². The van der Waals surface area contributed by atoms with Gasteiger partial charge in [-0.15, -0.1) is 0 Å². The molecule has 0 spiro atoms. The van der Waals surface area contributed by atoms with E-state index in [1.165, 1.54) is 0 Å². The molecule has 96 valence electrons. The molecule has 1 aliphatic heterocycles. The predicted molar refractivity (Wildman–Crippen MR) is 76.9 cm³/mol. The second-order valence-corrected chi connectivity index (χ2v) is 4.33. The van der Waals surface area contributed by atoms with Crippen LogP contribution in [0.2, 0.25) is 0 Å². The van der Waals surface area contributed by atoms with Crippen molar-refractivity contribution in [2.45, 2.75) is 0 Å². The molecule has 19 heavy (non-hydrogen) atoms. The number of rotatable bonds is 2. The first-order chi connectivity index (χ1) is 9.20. The number of imidazole rings is 1. The van der Waals surface area contributed by atoms with Crippen molar-refractivity contribution in [1.29, 1.82) is 0 Å². The third kappa shape index (κ3) is 1.79. The van der Waals surface area contributed by atoms with Crippen molar-refractivity contribution < 1.29 is 5.11 Å². The zero-order chi connectivity index (χ0) is 13.4. The molecule has 0 atom stereocenters. The van der Waals surface area contributed by atoms with Crippen molar-refractivity contribution in [3.63, 3.8) is 0 Å². The largest absolute Gasteiger partial charge is 0.492 e. The lowest BCUT2D eigenvalue weighted by Gasteiger charge is -2.02. The number of fused-ring (bicyclic) bond motifs is 1. The van der Waals surface area contributed by atoms with Gasteiger partial charge in [-0.2, -0.15) is 4.98 Å². The van der Waals surface area contributed by atoms with Crippen LogP contribution >= 0.6 is 0 Å². The van der Waals surface area contributed by atoms with Gasteiger partial charge < -0.3 is 15.0 Å². The lowest BCUT2D eigenvalue weighted by atomic mass is 10.1. The second-order valence-electron chi connectivity index (χ2n) is 4.33. The summed E-state index contributed by atoms with van der Waals surface area (Å²) >= 11 is 0. The molecule has 1 aliphatic rings. The Morgan fingerprint density at radius 1 is 1.32 bits per heavy atom. The number of aromatic nitrogens is 2. The molecule has 0 amide bonds. The van der Waals surface area contributed by atoms with Gasteiger partial charge in [-0.3, -0.25) is 4.99 Å². The van der Waals surface area contributed by atoms with Gasteiger partial charge >= 0.3 is 0 Å². The molecular weight excluding hydrogens is 240 g/mol. The summed E-state index contributed by atoms with van der Waals surface area (Å²) < 4.78 is 1.80. The number of para-hydroxylation sites is 1. The number of aromatic hydroxyl groups is 1. The van der Waals surface area contributed by atoms with E-state index in [4.69, 9.17) is 0 Å². The van der Waals surface area contributed by atoms with E-state index in [0.29, 0.717) is 11.6 Å². The standard InChI is InChI=1S/C14H14N4O/c1-15-14-17-13(19)12(18(14)2)7-9-8-16-11-6-4-3-5-10(9)11/h3-8,19H,1-2H3,(H,15,17)/b9-7+. The van der Waals surface area contributed by atoms with Crippen LogP contribution in [0.15, 0.2) is 29.3 Å². The van der Waals surface area contributed by atoms with E-state index in [1.54, 1.807) is 17.8 Å². The summed E-state index contributed by atoms with van der Waals surface area (Å²) in [5.41, 5.74) is 3.64. The van der Waals surface area contributed by atoms with Crippen LogP contribution < -0.4 is 5.32 Å². The molecule has 2 aromatic rings. The molecule has 0 aliphatic carbocycles. The van der Waals surface area contributed by atoms with E-state index in [1.807, 2.05) is 37.4 Å². The van der Waals surface area contributed by atoms with Crippen LogP contribution in [0.3, 0.4) is 0 Å². The van der Waals surface area contributed by atoms with Gasteiger partial charge in [0.25, 0.3) is 0 Å². The summed E-state index contributed by atoms with van der Waals surface area (Å²) in [4.78, 5) is 8.39. The maximum atomic E-state index is 9.89. The monoisotopic (exact) mass is 254 g/mol. The highest BCUT2D eigenvalue weighted by Crippen LogP contribution is 2.33. The molecule has 5 nitrogen and oxygen atoms in total. The average molecular weight is 254 g/mol. The lowest BCUT2D eigenvalue weighted by Crippen LogP contribution is -1.99. The van der Waals surface area contributed by atoms with Crippen molar-refractivity contribution in [1.82, 2.24) is 9.55 Å². The summed E-state index contributed by atoms with van der Waals surface area (Å²) in [6.45, 7) is 0. The van der Waals surface area contributed by atoms with Crippen molar-refractivity contribution >= 4 is 29.5 Å². The van der Waals surface area contributed by atoms with Crippen LogP contribution in [0.25, 0.3) is 11.6 Å². The van der Waals surface area contributed by atoms with Gasteiger partial charge in [-0.05, 0) is 12.1 Å². The van der Waals surface area contributed by atoms with Crippen LogP contribution in [-0.4, -0.2) is 27.9 Å². The third-order valence-corrected chi connectivity index (χ3v) is 3.19. The summed E-state index contributed by atoms with van der Waals surface area (Å²) in [6.07, 6.45) is 3.69. The maximum absolute atomic E-state index is 9.89. The fraction of sp³-hybridized carbons (Fsp3) is 0.143. The van der Waals surface area contributed by atoms with Gasteiger partial charge in [0.15, 0.2) is 0 Å². The number of benzene rings is 1. The maximum Gasteiger partial charge on any atom is 0.238 e. The Kier molecular flexibility index (Phi) is 2.59. The first-order valence-corrected chi connectivity index (χ1v) is 5.99. The summed E-state index contributed by atoms with van der Waals surface area (Å²) in [7, 11) is 3.62. The van der Waals surface area contributed by atoms with Crippen molar-refractivity contribution in [2.24, 2.45) is 12.0 Å².